The molecule has 0 saturated heterocycles. The first-order valence-corrected chi connectivity index (χ1v) is 10.0. The van der Waals surface area contributed by atoms with Crippen LogP contribution in [0.15, 0.2) is 74.2 Å². The fraction of sp³-hybridized carbons (Fsp3) is 0.0455. The molecular formula is C22H14BrN3O6. The maximum Gasteiger partial charge on any atom is 0.335 e. The minimum atomic E-state index is -1.06. The summed E-state index contributed by atoms with van der Waals surface area (Å²) >= 11 is 3.32. The van der Waals surface area contributed by atoms with Gasteiger partial charge in [-0.15, -0.1) is 0 Å². The zero-order valence-corrected chi connectivity index (χ0v) is 18.1. The molecule has 1 aliphatic rings. The Morgan fingerprint density at radius 3 is 2.53 bits per heavy atom. The lowest BCUT2D eigenvalue weighted by atomic mass is 10.1. The molecule has 0 radical (unpaired) electrons. The van der Waals surface area contributed by atoms with Crippen LogP contribution in [0, 0.1) is 10.1 Å². The highest BCUT2D eigenvalue weighted by molar-refractivity contribution is 9.10. The molecule has 9 nitrogen and oxygen atoms in total. The predicted molar refractivity (Wildman–Crippen MR) is 120 cm³/mol. The van der Waals surface area contributed by atoms with E-state index in [1.807, 2.05) is 0 Å². The minimum Gasteiger partial charge on any atom is -0.478 e. The SMILES string of the molecule is CC1=NN(c2ccc(C(=O)O)cc2)C(=O)/C1=C\c1ccc(-c2ccc([N+](=O)[O-])cc2Br)o1. The van der Waals surface area contributed by atoms with Crippen molar-refractivity contribution in [3.63, 3.8) is 0 Å². The number of rotatable bonds is 5. The fourth-order valence-corrected chi connectivity index (χ4v) is 3.70. The third-order valence-corrected chi connectivity index (χ3v) is 5.42. The van der Waals surface area contributed by atoms with Crippen molar-refractivity contribution in [1.82, 2.24) is 0 Å². The first kappa shape index (κ1) is 21.2. The van der Waals surface area contributed by atoms with Gasteiger partial charge in [-0.1, -0.05) is 0 Å². The molecule has 0 atom stereocenters. The minimum absolute atomic E-state index is 0.0469. The van der Waals surface area contributed by atoms with Gasteiger partial charge < -0.3 is 9.52 Å². The Morgan fingerprint density at radius 2 is 1.91 bits per heavy atom. The maximum absolute atomic E-state index is 12.9. The van der Waals surface area contributed by atoms with Gasteiger partial charge in [-0.05, 0) is 71.4 Å². The number of nitro benzene ring substituents is 1. The van der Waals surface area contributed by atoms with Crippen molar-refractivity contribution in [2.24, 2.45) is 5.10 Å². The highest BCUT2D eigenvalue weighted by Crippen LogP contribution is 2.33. The van der Waals surface area contributed by atoms with E-state index >= 15 is 0 Å². The van der Waals surface area contributed by atoms with Crippen LogP contribution in [0.3, 0.4) is 0 Å². The van der Waals surface area contributed by atoms with Crippen molar-refractivity contribution < 1.29 is 24.0 Å². The number of furan rings is 1. The van der Waals surface area contributed by atoms with Gasteiger partial charge in [-0.25, -0.2) is 4.79 Å². The molecule has 1 aromatic heterocycles. The lowest BCUT2D eigenvalue weighted by Gasteiger charge is -2.11. The molecule has 4 rings (SSSR count). The number of benzene rings is 2. The smallest absolute Gasteiger partial charge is 0.335 e. The van der Waals surface area contributed by atoms with Crippen LogP contribution in [0.4, 0.5) is 11.4 Å². The molecule has 0 bridgehead atoms. The Hall–Kier alpha value is -4.05. The van der Waals surface area contributed by atoms with Crippen LogP contribution in [-0.2, 0) is 4.79 Å². The molecule has 1 amide bonds. The fourth-order valence-electron chi connectivity index (χ4n) is 3.14. The number of aromatic carboxylic acids is 1. The number of carboxylic acid groups (broad SMARTS) is 1. The van der Waals surface area contributed by atoms with E-state index in [2.05, 4.69) is 21.0 Å². The molecule has 0 aliphatic carbocycles. The number of non-ortho nitro benzene ring substituents is 1. The van der Waals surface area contributed by atoms with Crippen molar-refractivity contribution in [2.45, 2.75) is 6.92 Å². The second-order valence-corrected chi connectivity index (χ2v) is 7.69. The van der Waals surface area contributed by atoms with Crippen LogP contribution in [0.25, 0.3) is 17.4 Å². The number of carbonyl (C=O) groups excluding carboxylic acids is 1. The molecule has 2 aromatic carbocycles. The van der Waals surface area contributed by atoms with Gasteiger partial charge in [0.05, 0.1) is 27.5 Å². The average Bonchev–Trinajstić information content (AvgIpc) is 3.33. The quantitative estimate of drug-likeness (QED) is 0.297. The number of anilines is 1. The topological polar surface area (TPSA) is 126 Å². The van der Waals surface area contributed by atoms with E-state index in [0.717, 1.165) is 0 Å². The van der Waals surface area contributed by atoms with Crippen LogP contribution in [-0.4, -0.2) is 27.6 Å². The van der Waals surface area contributed by atoms with E-state index in [1.54, 1.807) is 31.2 Å². The number of nitro groups is 1. The average molecular weight is 496 g/mol. The van der Waals surface area contributed by atoms with Gasteiger partial charge in [0.2, 0.25) is 0 Å². The molecule has 160 valence electrons. The Balaban J connectivity index is 1.59. The van der Waals surface area contributed by atoms with E-state index in [0.29, 0.717) is 38.5 Å². The van der Waals surface area contributed by atoms with Gasteiger partial charge in [0.1, 0.15) is 11.5 Å². The van der Waals surface area contributed by atoms with Crippen LogP contribution in [0.1, 0.15) is 23.0 Å². The third-order valence-electron chi connectivity index (χ3n) is 4.76. The van der Waals surface area contributed by atoms with Gasteiger partial charge in [-0.3, -0.25) is 14.9 Å². The number of hydrogen-bond donors (Lipinski definition) is 1. The molecule has 0 fully saturated rings. The second kappa shape index (κ2) is 8.23. The standard InChI is InChI=1S/C22H14BrN3O6/c1-12-18(21(27)25(24-12)14-4-2-13(3-5-14)22(28)29)11-16-7-9-20(32-16)17-8-6-15(26(30)31)10-19(17)23/h2-11H,1H3,(H,28,29)/b18-11-. The van der Waals surface area contributed by atoms with Gasteiger partial charge in [0.15, 0.2) is 0 Å². The van der Waals surface area contributed by atoms with E-state index < -0.39 is 10.9 Å². The maximum atomic E-state index is 12.9. The van der Waals surface area contributed by atoms with Gasteiger partial charge in [0, 0.05) is 22.2 Å². The zero-order valence-electron chi connectivity index (χ0n) is 16.5. The Kier molecular flexibility index (Phi) is 5.45. The largest absolute Gasteiger partial charge is 0.478 e. The first-order valence-electron chi connectivity index (χ1n) is 9.24. The Morgan fingerprint density at radius 1 is 1.19 bits per heavy atom. The van der Waals surface area contributed by atoms with E-state index in [1.165, 1.54) is 41.4 Å². The van der Waals surface area contributed by atoms with Gasteiger partial charge in [-0.2, -0.15) is 10.1 Å². The second-order valence-electron chi connectivity index (χ2n) is 6.84. The summed E-state index contributed by atoms with van der Waals surface area (Å²) in [4.78, 5) is 34.3. The van der Waals surface area contributed by atoms with Crippen LogP contribution >= 0.6 is 15.9 Å². The summed E-state index contributed by atoms with van der Waals surface area (Å²) in [6, 6.07) is 13.6. The number of halogens is 1. The summed E-state index contributed by atoms with van der Waals surface area (Å²) in [5.41, 5.74) is 1.94. The number of amides is 1. The summed E-state index contributed by atoms with van der Waals surface area (Å²) in [6.07, 6.45) is 1.57. The lowest BCUT2D eigenvalue weighted by Crippen LogP contribution is -2.21. The molecule has 32 heavy (non-hydrogen) atoms. The first-order chi connectivity index (χ1) is 15.2. The molecule has 2 heterocycles. The number of hydrazone groups is 1. The molecule has 10 heteroatoms. The summed E-state index contributed by atoms with van der Waals surface area (Å²) in [7, 11) is 0. The third kappa shape index (κ3) is 3.95. The Labute approximate surface area is 189 Å². The predicted octanol–water partition coefficient (Wildman–Crippen LogP) is 5.12. The molecule has 0 spiro atoms. The van der Waals surface area contributed by atoms with Crippen molar-refractivity contribution in [1.29, 1.82) is 0 Å². The summed E-state index contributed by atoms with van der Waals surface area (Å²) in [6.45, 7) is 1.69. The lowest BCUT2D eigenvalue weighted by molar-refractivity contribution is -0.384. The van der Waals surface area contributed by atoms with Crippen molar-refractivity contribution in [2.75, 3.05) is 5.01 Å². The van der Waals surface area contributed by atoms with Crippen molar-refractivity contribution in [3.05, 3.63) is 86.1 Å². The summed E-state index contributed by atoms with van der Waals surface area (Å²) < 4.78 is 6.33. The molecular weight excluding hydrogens is 482 g/mol. The van der Waals surface area contributed by atoms with E-state index in [9.17, 15) is 19.7 Å². The zero-order chi connectivity index (χ0) is 23.0. The van der Waals surface area contributed by atoms with E-state index in [4.69, 9.17) is 9.52 Å². The normalized spacial score (nSPS) is 14.7. The molecule has 3 aromatic rings. The van der Waals surface area contributed by atoms with Crippen LogP contribution in [0.5, 0.6) is 0 Å². The van der Waals surface area contributed by atoms with Gasteiger partial charge in [0.25, 0.3) is 11.6 Å². The van der Waals surface area contributed by atoms with Crippen LogP contribution in [0.2, 0.25) is 0 Å². The monoisotopic (exact) mass is 495 g/mol. The van der Waals surface area contributed by atoms with Crippen molar-refractivity contribution >= 4 is 51.0 Å². The van der Waals surface area contributed by atoms with Gasteiger partial charge >= 0.3 is 5.97 Å². The Bertz CT molecular complexity index is 1320. The number of carbonyl (C=O) groups is 2. The van der Waals surface area contributed by atoms with Crippen LogP contribution < -0.4 is 5.01 Å². The molecule has 0 unspecified atom stereocenters. The molecule has 0 saturated carbocycles. The van der Waals surface area contributed by atoms with E-state index in [-0.39, 0.29) is 17.2 Å². The number of nitrogens with zero attached hydrogens (tertiary/aromatic N) is 3. The highest BCUT2D eigenvalue weighted by atomic mass is 79.9. The van der Waals surface area contributed by atoms with Crippen molar-refractivity contribution in [3.8, 4) is 11.3 Å². The number of carboxylic acids is 1. The summed E-state index contributed by atoms with van der Waals surface area (Å²) in [5, 5.41) is 25.4. The highest BCUT2D eigenvalue weighted by Gasteiger charge is 2.29. The molecule has 1 N–H and O–H groups in total. The molecule has 1 aliphatic heterocycles. The number of hydrogen-bond acceptors (Lipinski definition) is 6. The summed E-state index contributed by atoms with van der Waals surface area (Å²) in [5.74, 6) is -0.552.